The van der Waals surface area contributed by atoms with Gasteiger partial charge in [-0.25, -0.2) is 4.79 Å². The molecule has 1 unspecified atom stereocenters. The smallest absolute Gasteiger partial charge is 0.332 e. The summed E-state index contributed by atoms with van der Waals surface area (Å²) >= 11 is 0. The fourth-order valence-electron chi connectivity index (χ4n) is 3.00. The van der Waals surface area contributed by atoms with Gasteiger partial charge < -0.3 is 10.1 Å². The standard InChI is InChI=1S/C17H18N4O3/c1-20-15(13(9-18)16(22)21(2)17(20)23)19-10-11-7-8-24-14-6-4-3-5-12(11)14/h3-6,11,19H,7-8,10H2,1-2H3. The molecule has 0 saturated heterocycles. The number of benzene rings is 1. The van der Waals surface area contributed by atoms with E-state index in [1.54, 1.807) is 7.05 Å². The summed E-state index contributed by atoms with van der Waals surface area (Å²) in [6, 6.07) is 9.71. The van der Waals surface area contributed by atoms with Crippen molar-refractivity contribution in [2.24, 2.45) is 14.1 Å². The molecule has 2 heterocycles. The van der Waals surface area contributed by atoms with Gasteiger partial charge in [0.25, 0.3) is 5.56 Å². The van der Waals surface area contributed by atoms with Gasteiger partial charge in [-0.05, 0) is 18.1 Å². The molecule has 0 bridgehead atoms. The van der Waals surface area contributed by atoms with E-state index >= 15 is 0 Å². The van der Waals surface area contributed by atoms with E-state index in [0.29, 0.717) is 13.2 Å². The average Bonchev–Trinajstić information content (AvgIpc) is 2.61. The molecule has 1 atom stereocenters. The van der Waals surface area contributed by atoms with Crippen LogP contribution in [0.1, 0.15) is 23.5 Å². The van der Waals surface area contributed by atoms with E-state index in [0.717, 1.165) is 22.3 Å². The van der Waals surface area contributed by atoms with Gasteiger partial charge in [0.15, 0.2) is 5.56 Å². The van der Waals surface area contributed by atoms with E-state index in [4.69, 9.17) is 4.74 Å². The Morgan fingerprint density at radius 1 is 1.29 bits per heavy atom. The van der Waals surface area contributed by atoms with Crippen LogP contribution in [-0.4, -0.2) is 22.3 Å². The van der Waals surface area contributed by atoms with Crippen molar-refractivity contribution in [3.05, 3.63) is 56.2 Å². The van der Waals surface area contributed by atoms with Crippen LogP contribution in [0, 0.1) is 11.3 Å². The molecule has 0 fully saturated rings. The largest absolute Gasteiger partial charge is 0.493 e. The molecule has 0 amide bonds. The molecule has 3 rings (SSSR count). The van der Waals surface area contributed by atoms with Gasteiger partial charge in [0.2, 0.25) is 0 Å². The van der Waals surface area contributed by atoms with Crippen LogP contribution in [0.25, 0.3) is 0 Å². The maximum atomic E-state index is 12.1. The van der Waals surface area contributed by atoms with Gasteiger partial charge >= 0.3 is 5.69 Å². The van der Waals surface area contributed by atoms with Crippen molar-refractivity contribution in [3.8, 4) is 11.8 Å². The Bertz CT molecular complexity index is 936. The van der Waals surface area contributed by atoms with E-state index in [-0.39, 0.29) is 17.3 Å². The summed E-state index contributed by atoms with van der Waals surface area (Å²) in [6.07, 6.45) is 0.824. The molecule has 24 heavy (non-hydrogen) atoms. The number of fused-ring (bicyclic) bond motifs is 1. The Morgan fingerprint density at radius 2 is 2.04 bits per heavy atom. The minimum atomic E-state index is -0.588. The van der Waals surface area contributed by atoms with Crippen LogP contribution in [0.4, 0.5) is 5.82 Å². The molecule has 1 aliphatic rings. The minimum absolute atomic E-state index is 0.0556. The Labute approximate surface area is 138 Å². The van der Waals surface area contributed by atoms with E-state index < -0.39 is 11.2 Å². The second kappa shape index (κ2) is 6.24. The predicted molar refractivity (Wildman–Crippen MR) is 89.4 cm³/mol. The number of hydrogen-bond acceptors (Lipinski definition) is 5. The highest BCUT2D eigenvalue weighted by molar-refractivity contribution is 5.52. The number of para-hydroxylation sites is 1. The summed E-state index contributed by atoms with van der Waals surface area (Å²) in [5.41, 5.74) is -0.0205. The van der Waals surface area contributed by atoms with Crippen LogP contribution in [0.2, 0.25) is 0 Å². The molecule has 7 heteroatoms. The maximum absolute atomic E-state index is 12.1. The lowest BCUT2D eigenvalue weighted by molar-refractivity contribution is 0.270. The van der Waals surface area contributed by atoms with Crippen LogP contribution >= 0.6 is 0 Å². The molecule has 124 valence electrons. The zero-order valence-electron chi connectivity index (χ0n) is 13.6. The first-order chi connectivity index (χ1) is 11.5. The molecule has 1 aromatic carbocycles. The quantitative estimate of drug-likeness (QED) is 0.906. The second-order valence-electron chi connectivity index (χ2n) is 5.79. The SMILES string of the molecule is Cn1c(NCC2CCOc3ccccc32)c(C#N)c(=O)n(C)c1=O. The number of nitriles is 1. The Morgan fingerprint density at radius 3 is 2.79 bits per heavy atom. The fraction of sp³-hybridized carbons (Fsp3) is 0.353. The molecule has 1 N–H and O–H groups in total. The van der Waals surface area contributed by atoms with Gasteiger partial charge in [0.1, 0.15) is 17.6 Å². The summed E-state index contributed by atoms with van der Waals surface area (Å²) in [6.45, 7) is 1.12. The summed E-state index contributed by atoms with van der Waals surface area (Å²) in [4.78, 5) is 24.2. The average molecular weight is 326 g/mol. The number of aromatic nitrogens is 2. The van der Waals surface area contributed by atoms with Crippen molar-refractivity contribution < 1.29 is 4.74 Å². The summed E-state index contributed by atoms with van der Waals surface area (Å²) in [7, 11) is 2.91. The first-order valence-corrected chi connectivity index (χ1v) is 7.70. The Kier molecular flexibility index (Phi) is 4.13. The summed E-state index contributed by atoms with van der Waals surface area (Å²) < 4.78 is 7.87. The van der Waals surface area contributed by atoms with Crippen LogP contribution in [0.5, 0.6) is 5.75 Å². The summed E-state index contributed by atoms with van der Waals surface area (Å²) in [5, 5.41) is 12.4. The molecular formula is C17H18N4O3. The van der Waals surface area contributed by atoms with E-state index in [1.165, 1.54) is 11.6 Å². The van der Waals surface area contributed by atoms with Gasteiger partial charge in [-0.3, -0.25) is 13.9 Å². The highest BCUT2D eigenvalue weighted by Crippen LogP contribution is 2.33. The van der Waals surface area contributed by atoms with Gasteiger partial charge in [-0.15, -0.1) is 0 Å². The highest BCUT2D eigenvalue weighted by atomic mass is 16.5. The monoisotopic (exact) mass is 326 g/mol. The number of ether oxygens (including phenoxy) is 1. The number of anilines is 1. The Hall–Kier alpha value is -3.01. The van der Waals surface area contributed by atoms with E-state index in [2.05, 4.69) is 5.32 Å². The molecule has 0 radical (unpaired) electrons. The lowest BCUT2D eigenvalue weighted by Gasteiger charge is -2.26. The third-order valence-corrected chi connectivity index (χ3v) is 4.38. The van der Waals surface area contributed by atoms with Crippen molar-refractivity contribution in [2.45, 2.75) is 12.3 Å². The second-order valence-corrected chi connectivity index (χ2v) is 5.79. The molecule has 2 aromatic rings. The number of nitrogens with zero attached hydrogens (tertiary/aromatic N) is 3. The van der Waals surface area contributed by atoms with E-state index in [9.17, 15) is 14.9 Å². The van der Waals surface area contributed by atoms with Crippen LogP contribution in [0.3, 0.4) is 0 Å². The highest BCUT2D eigenvalue weighted by Gasteiger charge is 2.22. The normalized spacial score (nSPS) is 16.0. The lowest BCUT2D eigenvalue weighted by atomic mass is 9.93. The maximum Gasteiger partial charge on any atom is 0.332 e. The molecule has 1 aromatic heterocycles. The molecular weight excluding hydrogens is 308 g/mol. The van der Waals surface area contributed by atoms with Gasteiger partial charge in [-0.1, -0.05) is 18.2 Å². The molecule has 0 saturated carbocycles. The lowest BCUT2D eigenvalue weighted by Crippen LogP contribution is -2.40. The van der Waals surface area contributed by atoms with E-state index in [1.807, 2.05) is 30.3 Å². The predicted octanol–water partition coefficient (Wildman–Crippen LogP) is 0.934. The molecule has 1 aliphatic heterocycles. The van der Waals surface area contributed by atoms with Crippen molar-refractivity contribution in [3.63, 3.8) is 0 Å². The topological polar surface area (TPSA) is 89.1 Å². The van der Waals surface area contributed by atoms with Crippen molar-refractivity contribution in [1.29, 1.82) is 5.26 Å². The van der Waals surface area contributed by atoms with Crippen LogP contribution in [0.15, 0.2) is 33.9 Å². The van der Waals surface area contributed by atoms with Crippen molar-refractivity contribution in [2.75, 3.05) is 18.5 Å². The van der Waals surface area contributed by atoms with Crippen LogP contribution in [-0.2, 0) is 14.1 Å². The Balaban J connectivity index is 1.93. The van der Waals surface area contributed by atoms with Gasteiger partial charge in [-0.2, -0.15) is 5.26 Å². The molecule has 0 spiro atoms. The number of rotatable bonds is 3. The third kappa shape index (κ3) is 2.56. The summed E-state index contributed by atoms with van der Waals surface area (Å²) in [5.74, 6) is 1.30. The molecule has 0 aliphatic carbocycles. The van der Waals surface area contributed by atoms with Crippen LogP contribution < -0.4 is 21.3 Å². The minimum Gasteiger partial charge on any atom is -0.493 e. The van der Waals surface area contributed by atoms with Crippen molar-refractivity contribution >= 4 is 5.82 Å². The zero-order valence-corrected chi connectivity index (χ0v) is 13.6. The number of nitrogens with one attached hydrogen (secondary N) is 1. The molecule has 7 nitrogen and oxygen atoms in total. The first-order valence-electron chi connectivity index (χ1n) is 7.70. The van der Waals surface area contributed by atoms with Crippen molar-refractivity contribution in [1.82, 2.24) is 9.13 Å². The van der Waals surface area contributed by atoms with Gasteiger partial charge in [0, 0.05) is 26.6 Å². The number of hydrogen-bond donors (Lipinski definition) is 1. The fourth-order valence-corrected chi connectivity index (χ4v) is 3.00. The third-order valence-electron chi connectivity index (χ3n) is 4.38. The first kappa shape index (κ1) is 15.9. The van der Waals surface area contributed by atoms with Gasteiger partial charge in [0.05, 0.1) is 6.61 Å². The zero-order chi connectivity index (χ0) is 17.3.